The second kappa shape index (κ2) is 5.04. The summed E-state index contributed by atoms with van der Waals surface area (Å²) in [5.74, 6) is 0.952. The van der Waals surface area contributed by atoms with Gasteiger partial charge in [-0.15, -0.1) is 0 Å². The second-order valence-corrected chi connectivity index (χ2v) is 4.12. The first-order valence-electron chi connectivity index (χ1n) is 5.92. The summed E-state index contributed by atoms with van der Waals surface area (Å²) in [5.41, 5.74) is 3.28. The van der Waals surface area contributed by atoms with Crippen LogP contribution in [0.1, 0.15) is 18.9 Å². The predicted octanol–water partition coefficient (Wildman–Crippen LogP) is 3.05. The largest absolute Gasteiger partial charge is 0.496 e. The van der Waals surface area contributed by atoms with Crippen molar-refractivity contribution in [1.29, 1.82) is 0 Å². The SMILES string of the molecule is CCCc1cccc(-c2ccn(C)n2)c1OC. The van der Waals surface area contributed by atoms with Crippen molar-refractivity contribution < 1.29 is 4.74 Å². The van der Waals surface area contributed by atoms with E-state index in [0.29, 0.717) is 0 Å². The maximum absolute atomic E-state index is 5.54. The first kappa shape index (κ1) is 11.7. The monoisotopic (exact) mass is 230 g/mol. The molecule has 1 aromatic carbocycles. The molecule has 17 heavy (non-hydrogen) atoms. The zero-order valence-corrected chi connectivity index (χ0v) is 10.6. The summed E-state index contributed by atoms with van der Waals surface area (Å²) < 4.78 is 7.35. The van der Waals surface area contributed by atoms with Gasteiger partial charge in [0.05, 0.1) is 12.8 Å². The van der Waals surface area contributed by atoms with Crippen molar-refractivity contribution in [2.24, 2.45) is 7.05 Å². The lowest BCUT2D eigenvalue weighted by Gasteiger charge is -2.11. The average Bonchev–Trinajstić information content (AvgIpc) is 2.76. The quantitative estimate of drug-likeness (QED) is 0.807. The third-order valence-electron chi connectivity index (χ3n) is 2.81. The summed E-state index contributed by atoms with van der Waals surface area (Å²) in [6, 6.07) is 8.25. The molecule has 3 nitrogen and oxygen atoms in total. The fraction of sp³-hybridized carbons (Fsp3) is 0.357. The molecule has 0 unspecified atom stereocenters. The van der Waals surface area contributed by atoms with Gasteiger partial charge >= 0.3 is 0 Å². The van der Waals surface area contributed by atoms with Crippen LogP contribution in [0.5, 0.6) is 5.75 Å². The van der Waals surface area contributed by atoms with Gasteiger partial charge in [-0.2, -0.15) is 5.10 Å². The second-order valence-electron chi connectivity index (χ2n) is 4.12. The summed E-state index contributed by atoms with van der Waals surface area (Å²) in [6.45, 7) is 2.17. The third-order valence-corrected chi connectivity index (χ3v) is 2.81. The Morgan fingerprint density at radius 3 is 2.71 bits per heavy atom. The molecule has 0 spiro atoms. The van der Waals surface area contributed by atoms with Crippen LogP contribution in [0.4, 0.5) is 0 Å². The molecular formula is C14H18N2O. The Kier molecular flexibility index (Phi) is 3.47. The summed E-state index contributed by atoms with van der Waals surface area (Å²) >= 11 is 0. The van der Waals surface area contributed by atoms with Crippen molar-refractivity contribution in [1.82, 2.24) is 9.78 Å². The molecule has 0 bridgehead atoms. The topological polar surface area (TPSA) is 27.1 Å². The maximum Gasteiger partial charge on any atom is 0.131 e. The fourth-order valence-electron chi connectivity index (χ4n) is 2.05. The highest BCUT2D eigenvalue weighted by molar-refractivity contribution is 5.69. The molecular weight excluding hydrogens is 212 g/mol. The molecule has 0 saturated heterocycles. The minimum absolute atomic E-state index is 0.952. The number of aryl methyl sites for hydroxylation is 2. The van der Waals surface area contributed by atoms with Crippen LogP contribution in [0.25, 0.3) is 11.3 Å². The van der Waals surface area contributed by atoms with Gasteiger partial charge < -0.3 is 4.74 Å². The van der Waals surface area contributed by atoms with Crippen LogP contribution in [0.2, 0.25) is 0 Å². The summed E-state index contributed by atoms with van der Waals surface area (Å²) in [6.07, 6.45) is 4.09. The molecule has 3 heteroatoms. The molecule has 0 radical (unpaired) electrons. The molecule has 0 atom stereocenters. The van der Waals surface area contributed by atoms with Crippen molar-refractivity contribution in [3.05, 3.63) is 36.0 Å². The van der Waals surface area contributed by atoms with Gasteiger partial charge in [-0.1, -0.05) is 25.5 Å². The van der Waals surface area contributed by atoms with Gasteiger partial charge in [0, 0.05) is 18.8 Å². The van der Waals surface area contributed by atoms with E-state index in [1.54, 1.807) is 11.8 Å². The van der Waals surface area contributed by atoms with Crippen LogP contribution in [0.3, 0.4) is 0 Å². The van der Waals surface area contributed by atoms with Crippen LogP contribution in [-0.4, -0.2) is 16.9 Å². The normalized spacial score (nSPS) is 10.5. The third kappa shape index (κ3) is 2.33. The first-order chi connectivity index (χ1) is 8.26. The van der Waals surface area contributed by atoms with Crippen LogP contribution >= 0.6 is 0 Å². The van der Waals surface area contributed by atoms with E-state index in [1.807, 2.05) is 19.3 Å². The van der Waals surface area contributed by atoms with Gasteiger partial charge in [-0.3, -0.25) is 4.68 Å². The molecule has 0 aliphatic carbocycles. The van der Waals surface area contributed by atoms with E-state index in [0.717, 1.165) is 29.8 Å². The van der Waals surface area contributed by atoms with Crippen molar-refractivity contribution in [3.63, 3.8) is 0 Å². The molecule has 0 saturated carbocycles. The molecule has 0 fully saturated rings. The van der Waals surface area contributed by atoms with E-state index in [1.165, 1.54) is 5.56 Å². The Labute approximate surface area is 102 Å². The van der Waals surface area contributed by atoms with Gasteiger partial charge in [-0.25, -0.2) is 0 Å². The van der Waals surface area contributed by atoms with E-state index in [4.69, 9.17) is 4.74 Å². The predicted molar refractivity (Wildman–Crippen MR) is 69.2 cm³/mol. The van der Waals surface area contributed by atoms with E-state index in [9.17, 15) is 0 Å². The summed E-state index contributed by atoms with van der Waals surface area (Å²) in [5, 5.41) is 4.43. The Morgan fingerprint density at radius 1 is 1.29 bits per heavy atom. The van der Waals surface area contributed by atoms with Gasteiger partial charge in [-0.05, 0) is 24.1 Å². The van der Waals surface area contributed by atoms with Crippen LogP contribution in [0.15, 0.2) is 30.5 Å². The molecule has 2 rings (SSSR count). The van der Waals surface area contributed by atoms with Crippen molar-refractivity contribution >= 4 is 0 Å². The Hall–Kier alpha value is -1.77. The van der Waals surface area contributed by atoms with E-state index >= 15 is 0 Å². The minimum Gasteiger partial charge on any atom is -0.496 e. The summed E-state index contributed by atoms with van der Waals surface area (Å²) in [4.78, 5) is 0. The van der Waals surface area contributed by atoms with Crippen LogP contribution in [0, 0.1) is 0 Å². The lowest BCUT2D eigenvalue weighted by atomic mass is 10.0. The Morgan fingerprint density at radius 2 is 2.12 bits per heavy atom. The zero-order valence-electron chi connectivity index (χ0n) is 10.6. The van der Waals surface area contributed by atoms with E-state index in [2.05, 4.69) is 30.2 Å². The van der Waals surface area contributed by atoms with Gasteiger partial charge in [0.1, 0.15) is 5.75 Å². The van der Waals surface area contributed by atoms with Gasteiger partial charge in [0.25, 0.3) is 0 Å². The number of ether oxygens (including phenoxy) is 1. The number of methoxy groups -OCH3 is 1. The van der Waals surface area contributed by atoms with E-state index in [-0.39, 0.29) is 0 Å². The smallest absolute Gasteiger partial charge is 0.131 e. The van der Waals surface area contributed by atoms with Crippen molar-refractivity contribution in [3.8, 4) is 17.0 Å². The lowest BCUT2D eigenvalue weighted by molar-refractivity contribution is 0.411. The number of rotatable bonds is 4. The Balaban J connectivity index is 2.49. The molecule has 0 amide bonds. The minimum atomic E-state index is 0.952. The Bertz CT molecular complexity index is 503. The van der Waals surface area contributed by atoms with Crippen LogP contribution in [-0.2, 0) is 13.5 Å². The number of benzene rings is 1. The maximum atomic E-state index is 5.54. The molecule has 0 aliphatic heterocycles. The molecule has 0 aliphatic rings. The molecule has 90 valence electrons. The molecule has 0 N–H and O–H groups in total. The van der Waals surface area contributed by atoms with Crippen molar-refractivity contribution in [2.45, 2.75) is 19.8 Å². The van der Waals surface area contributed by atoms with Crippen LogP contribution < -0.4 is 4.74 Å². The average molecular weight is 230 g/mol. The number of aromatic nitrogens is 2. The number of hydrogen-bond donors (Lipinski definition) is 0. The van der Waals surface area contributed by atoms with Gasteiger partial charge in [0.2, 0.25) is 0 Å². The number of para-hydroxylation sites is 1. The first-order valence-corrected chi connectivity index (χ1v) is 5.92. The fourth-order valence-corrected chi connectivity index (χ4v) is 2.05. The molecule has 1 heterocycles. The molecule has 1 aromatic heterocycles. The zero-order chi connectivity index (χ0) is 12.3. The number of nitrogens with zero attached hydrogens (tertiary/aromatic N) is 2. The lowest BCUT2D eigenvalue weighted by Crippen LogP contribution is -1.96. The highest BCUT2D eigenvalue weighted by Crippen LogP contribution is 2.32. The van der Waals surface area contributed by atoms with Gasteiger partial charge in [0.15, 0.2) is 0 Å². The van der Waals surface area contributed by atoms with Crippen molar-refractivity contribution in [2.75, 3.05) is 7.11 Å². The summed E-state index contributed by atoms with van der Waals surface area (Å²) in [7, 11) is 3.65. The molecule has 2 aromatic rings. The highest BCUT2D eigenvalue weighted by atomic mass is 16.5. The van der Waals surface area contributed by atoms with E-state index < -0.39 is 0 Å². The standard InChI is InChI=1S/C14H18N2O/c1-4-6-11-7-5-8-12(14(11)17-3)13-9-10-16(2)15-13/h5,7-10H,4,6H2,1-3H3. The highest BCUT2D eigenvalue weighted by Gasteiger charge is 2.11. The number of hydrogen-bond acceptors (Lipinski definition) is 2.